The summed E-state index contributed by atoms with van der Waals surface area (Å²) in [6, 6.07) is 10.1. The van der Waals surface area contributed by atoms with E-state index in [1.807, 2.05) is 18.2 Å². The summed E-state index contributed by atoms with van der Waals surface area (Å²) in [7, 11) is 0. The summed E-state index contributed by atoms with van der Waals surface area (Å²) >= 11 is 1.36. The van der Waals surface area contributed by atoms with Crippen LogP contribution in [0.4, 0.5) is 0 Å². The summed E-state index contributed by atoms with van der Waals surface area (Å²) in [5.74, 6) is -0.369. The molecule has 5 nitrogen and oxygen atoms in total. The molecule has 6 heteroatoms. The maximum Gasteiger partial charge on any atom is 0.271 e. The van der Waals surface area contributed by atoms with Crippen molar-refractivity contribution in [3.8, 4) is 0 Å². The number of nitrogens with zero attached hydrogens (tertiary/aromatic N) is 2. The SMILES string of the molecule is O=C(NCCCc1ccccc1)c1cnc2sccn2c1=O. The highest BCUT2D eigenvalue weighted by atomic mass is 32.1. The lowest BCUT2D eigenvalue weighted by atomic mass is 10.1. The molecule has 0 spiro atoms. The molecule has 3 aromatic rings. The molecule has 22 heavy (non-hydrogen) atoms. The largest absolute Gasteiger partial charge is 0.352 e. The van der Waals surface area contributed by atoms with Crippen molar-refractivity contribution in [3.05, 3.63) is 69.6 Å². The van der Waals surface area contributed by atoms with Gasteiger partial charge in [0.05, 0.1) is 0 Å². The van der Waals surface area contributed by atoms with Crippen molar-refractivity contribution in [1.29, 1.82) is 0 Å². The Kier molecular flexibility index (Phi) is 4.29. The van der Waals surface area contributed by atoms with Crippen molar-refractivity contribution in [1.82, 2.24) is 14.7 Å². The molecular formula is C16H15N3O2S. The Labute approximate surface area is 131 Å². The Bertz CT molecular complexity index is 839. The first-order valence-corrected chi connectivity index (χ1v) is 7.90. The molecule has 0 aliphatic carbocycles. The summed E-state index contributed by atoms with van der Waals surface area (Å²) in [4.78, 5) is 28.9. The fourth-order valence-electron chi connectivity index (χ4n) is 2.21. The Morgan fingerprint density at radius 1 is 1.27 bits per heavy atom. The van der Waals surface area contributed by atoms with E-state index >= 15 is 0 Å². The zero-order valence-corrected chi connectivity index (χ0v) is 12.7. The highest BCUT2D eigenvalue weighted by Crippen LogP contribution is 2.06. The van der Waals surface area contributed by atoms with Gasteiger partial charge in [0.25, 0.3) is 11.5 Å². The van der Waals surface area contributed by atoms with Gasteiger partial charge in [-0.05, 0) is 18.4 Å². The van der Waals surface area contributed by atoms with Crippen molar-refractivity contribution in [2.45, 2.75) is 12.8 Å². The van der Waals surface area contributed by atoms with Gasteiger partial charge < -0.3 is 5.32 Å². The lowest BCUT2D eigenvalue weighted by Crippen LogP contribution is -2.31. The first kappa shape index (κ1) is 14.5. The number of amides is 1. The zero-order chi connectivity index (χ0) is 15.4. The highest BCUT2D eigenvalue weighted by Gasteiger charge is 2.12. The average Bonchev–Trinajstić information content (AvgIpc) is 3.02. The van der Waals surface area contributed by atoms with Gasteiger partial charge in [0.2, 0.25) is 0 Å². The lowest BCUT2D eigenvalue weighted by Gasteiger charge is -2.05. The molecule has 1 N–H and O–H groups in total. The molecule has 0 saturated carbocycles. The van der Waals surface area contributed by atoms with E-state index < -0.39 is 0 Å². The van der Waals surface area contributed by atoms with Crippen molar-refractivity contribution < 1.29 is 4.79 Å². The Balaban J connectivity index is 1.59. The molecule has 0 aliphatic heterocycles. The predicted molar refractivity (Wildman–Crippen MR) is 86.4 cm³/mol. The minimum Gasteiger partial charge on any atom is -0.352 e. The second-order valence-electron chi connectivity index (χ2n) is 4.88. The Hall–Kier alpha value is -2.47. The van der Waals surface area contributed by atoms with Crippen molar-refractivity contribution >= 4 is 22.2 Å². The maximum absolute atomic E-state index is 12.2. The van der Waals surface area contributed by atoms with Gasteiger partial charge >= 0.3 is 0 Å². The van der Waals surface area contributed by atoms with E-state index in [9.17, 15) is 9.59 Å². The first-order valence-electron chi connectivity index (χ1n) is 7.03. The molecule has 0 radical (unpaired) electrons. The van der Waals surface area contributed by atoms with E-state index in [0.717, 1.165) is 12.8 Å². The molecule has 3 rings (SSSR count). The zero-order valence-electron chi connectivity index (χ0n) is 11.9. The van der Waals surface area contributed by atoms with Crippen LogP contribution in [0.3, 0.4) is 0 Å². The summed E-state index contributed by atoms with van der Waals surface area (Å²) in [6.07, 6.45) is 4.69. The second-order valence-corrected chi connectivity index (χ2v) is 5.75. The van der Waals surface area contributed by atoms with Gasteiger partial charge in [-0.3, -0.25) is 14.0 Å². The highest BCUT2D eigenvalue weighted by molar-refractivity contribution is 7.15. The Morgan fingerprint density at radius 2 is 2.09 bits per heavy atom. The van der Waals surface area contributed by atoms with Crippen LogP contribution in [0.2, 0.25) is 0 Å². The predicted octanol–water partition coefficient (Wildman–Crippen LogP) is 2.12. The fourth-order valence-corrected chi connectivity index (χ4v) is 2.89. The minimum absolute atomic E-state index is 0.0793. The number of benzene rings is 1. The van der Waals surface area contributed by atoms with Gasteiger partial charge in [-0.1, -0.05) is 30.3 Å². The molecular weight excluding hydrogens is 298 g/mol. The molecule has 1 amide bonds. The Morgan fingerprint density at radius 3 is 2.91 bits per heavy atom. The van der Waals surface area contributed by atoms with Gasteiger partial charge in [-0.25, -0.2) is 4.98 Å². The number of aryl methyl sites for hydroxylation is 1. The van der Waals surface area contributed by atoms with Gasteiger partial charge in [0.15, 0.2) is 4.96 Å². The third-order valence-corrected chi connectivity index (χ3v) is 4.13. The first-order chi connectivity index (χ1) is 10.8. The molecule has 0 fully saturated rings. The number of hydrogen-bond acceptors (Lipinski definition) is 4. The maximum atomic E-state index is 12.2. The second kappa shape index (κ2) is 6.53. The summed E-state index contributed by atoms with van der Waals surface area (Å²) in [5.41, 5.74) is 0.987. The lowest BCUT2D eigenvalue weighted by molar-refractivity contribution is 0.0951. The van der Waals surface area contributed by atoms with E-state index in [4.69, 9.17) is 0 Å². The monoisotopic (exact) mass is 313 g/mol. The third-order valence-electron chi connectivity index (χ3n) is 3.36. The van der Waals surface area contributed by atoms with Crippen LogP contribution < -0.4 is 10.9 Å². The van der Waals surface area contributed by atoms with Crippen LogP contribution in [-0.4, -0.2) is 21.8 Å². The van der Waals surface area contributed by atoms with Gasteiger partial charge in [0, 0.05) is 24.3 Å². The van der Waals surface area contributed by atoms with Crippen LogP contribution in [0.15, 0.2) is 52.9 Å². The molecule has 0 atom stereocenters. The van der Waals surface area contributed by atoms with Gasteiger partial charge in [-0.15, -0.1) is 11.3 Å². The number of fused-ring (bicyclic) bond motifs is 1. The van der Waals surface area contributed by atoms with Crippen LogP contribution in [0.1, 0.15) is 22.3 Å². The normalized spacial score (nSPS) is 10.7. The van der Waals surface area contributed by atoms with E-state index in [2.05, 4.69) is 22.4 Å². The molecule has 0 aliphatic rings. The smallest absolute Gasteiger partial charge is 0.271 e. The number of carbonyl (C=O) groups excluding carboxylic acids is 1. The van der Waals surface area contributed by atoms with Crippen LogP contribution in [0.25, 0.3) is 4.96 Å². The number of rotatable bonds is 5. The van der Waals surface area contributed by atoms with Crippen LogP contribution in [0, 0.1) is 0 Å². The summed E-state index contributed by atoms with van der Waals surface area (Å²) < 4.78 is 1.39. The number of thiazole rings is 1. The molecule has 112 valence electrons. The van der Waals surface area contributed by atoms with Gasteiger partial charge in [0.1, 0.15) is 5.56 Å². The summed E-state index contributed by atoms with van der Waals surface area (Å²) in [5, 5.41) is 4.55. The minimum atomic E-state index is -0.369. The number of hydrogen-bond donors (Lipinski definition) is 1. The van der Waals surface area contributed by atoms with Crippen molar-refractivity contribution in [2.24, 2.45) is 0 Å². The quantitative estimate of drug-likeness (QED) is 0.734. The summed E-state index contributed by atoms with van der Waals surface area (Å²) in [6.45, 7) is 0.527. The van der Waals surface area contributed by atoms with Crippen molar-refractivity contribution in [3.63, 3.8) is 0 Å². The number of nitrogens with one attached hydrogen (secondary N) is 1. The molecule has 0 bridgehead atoms. The topological polar surface area (TPSA) is 63.5 Å². The molecule has 1 aromatic carbocycles. The molecule has 2 aromatic heterocycles. The molecule has 0 unspecified atom stereocenters. The standard InChI is InChI=1S/C16H15N3O2S/c20-14(17-8-4-7-12-5-2-1-3-6-12)13-11-18-16-19(15(13)21)9-10-22-16/h1-3,5-6,9-11H,4,7-8H2,(H,17,20). The van der Waals surface area contributed by atoms with E-state index in [1.165, 1.54) is 27.5 Å². The van der Waals surface area contributed by atoms with E-state index in [-0.39, 0.29) is 17.0 Å². The van der Waals surface area contributed by atoms with Crippen LogP contribution in [-0.2, 0) is 6.42 Å². The fraction of sp³-hybridized carbons (Fsp3) is 0.188. The number of aromatic nitrogens is 2. The molecule has 2 heterocycles. The van der Waals surface area contributed by atoms with Crippen LogP contribution >= 0.6 is 11.3 Å². The number of carbonyl (C=O) groups is 1. The van der Waals surface area contributed by atoms with Crippen LogP contribution in [0.5, 0.6) is 0 Å². The van der Waals surface area contributed by atoms with Gasteiger partial charge in [-0.2, -0.15) is 0 Å². The average molecular weight is 313 g/mol. The van der Waals surface area contributed by atoms with Crippen molar-refractivity contribution in [2.75, 3.05) is 6.54 Å². The van der Waals surface area contributed by atoms with E-state index in [1.54, 1.807) is 11.6 Å². The van der Waals surface area contributed by atoms with E-state index in [0.29, 0.717) is 11.5 Å². The molecule has 0 saturated heterocycles. The third kappa shape index (κ3) is 3.07.